The third-order valence-electron chi connectivity index (χ3n) is 5.35. The Hall–Kier alpha value is -2.03. The van der Waals surface area contributed by atoms with Crippen molar-refractivity contribution < 1.29 is 0 Å². The van der Waals surface area contributed by atoms with E-state index in [1.54, 1.807) is 0 Å². The van der Waals surface area contributed by atoms with E-state index in [0.29, 0.717) is 6.54 Å². The maximum atomic E-state index is 4.62. The van der Waals surface area contributed by atoms with Gasteiger partial charge in [0.2, 0.25) is 0 Å². The van der Waals surface area contributed by atoms with E-state index in [9.17, 15) is 0 Å². The van der Waals surface area contributed by atoms with Gasteiger partial charge in [-0.25, -0.2) is 4.98 Å². The average molecular weight is 522 g/mol. The third-order valence-corrected chi connectivity index (χ3v) is 5.35. The average Bonchev–Trinajstić information content (AvgIpc) is 3.29. The molecule has 0 spiro atoms. The summed E-state index contributed by atoms with van der Waals surface area (Å²) in [5.74, 6) is 1.90. The highest BCUT2D eigenvalue weighted by molar-refractivity contribution is 14.0. The Kier molecular flexibility index (Phi) is 10.2. The van der Waals surface area contributed by atoms with E-state index in [0.717, 1.165) is 50.1 Å². The van der Waals surface area contributed by atoms with Crippen molar-refractivity contribution >= 4 is 41.4 Å². The van der Waals surface area contributed by atoms with Crippen LogP contribution in [0.15, 0.2) is 47.6 Å². The Labute approximate surface area is 198 Å². The maximum absolute atomic E-state index is 4.62. The van der Waals surface area contributed by atoms with Crippen LogP contribution < -0.4 is 20.4 Å². The highest BCUT2D eigenvalue weighted by atomic mass is 127. The Morgan fingerprint density at radius 2 is 1.97 bits per heavy atom. The molecular weight excluding hydrogens is 487 g/mol. The van der Waals surface area contributed by atoms with E-state index in [2.05, 4.69) is 80.7 Å². The van der Waals surface area contributed by atoms with Gasteiger partial charge in [-0.2, -0.15) is 0 Å². The highest BCUT2D eigenvalue weighted by Gasteiger charge is 2.13. The van der Waals surface area contributed by atoms with Crippen LogP contribution in [0.25, 0.3) is 0 Å². The van der Waals surface area contributed by atoms with Crippen LogP contribution in [0, 0.1) is 6.92 Å². The number of benzene rings is 1. The van der Waals surface area contributed by atoms with Gasteiger partial charge in [-0.3, -0.25) is 4.99 Å². The number of likely N-dealkylation sites (N-methyl/N-ethyl adjacent to an activating group) is 1. The molecule has 0 bridgehead atoms. The predicted molar refractivity (Wildman–Crippen MR) is 138 cm³/mol. The summed E-state index contributed by atoms with van der Waals surface area (Å²) in [7, 11) is 1.81. The topological polar surface area (TPSA) is 55.8 Å². The molecule has 0 unspecified atom stereocenters. The molecule has 6 nitrogen and oxygen atoms in total. The molecule has 0 saturated carbocycles. The zero-order valence-electron chi connectivity index (χ0n) is 18.4. The number of aromatic nitrogens is 1. The molecule has 0 atom stereocenters. The molecule has 1 aromatic carbocycles. The fourth-order valence-corrected chi connectivity index (χ4v) is 3.66. The second kappa shape index (κ2) is 12.6. The molecule has 3 rings (SSSR count). The number of pyridine rings is 1. The van der Waals surface area contributed by atoms with Crippen LogP contribution in [0.5, 0.6) is 0 Å². The molecule has 7 heteroatoms. The van der Waals surface area contributed by atoms with E-state index < -0.39 is 0 Å². The van der Waals surface area contributed by atoms with Crippen molar-refractivity contribution in [2.45, 2.75) is 33.2 Å². The lowest BCUT2D eigenvalue weighted by Crippen LogP contribution is -2.41. The van der Waals surface area contributed by atoms with Gasteiger partial charge in [-0.05, 0) is 56.0 Å². The predicted octanol–water partition coefficient (Wildman–Crippen LogP) is 3.80. The minimum atomic E-state index is 0. The molecule has 1 aliphatic heterocycles. The maximum Gasteiger partial charge on any atom is 0.191 e. The Bertz CT molecular complexity index is 787. The SMILES string of the molecule is CCN(CCNC(=NC)NCc1ccc(N2CCCC2)nc1)c1cccc(C)c1.I. The van der Waals surface area contributed by atoms with Crippen molar-refractivity contribution in [3.05, 3.63) is 53.7 Å². The molecule has 1 aliphatic rings. The Balaban J connectivity index is 0.00000320. The number of hydrogen-bond acceptors (Lipinski definition) is 4. The summed E-state index contributed by atoms with van der Waals surface area (Å²) in [5.41, 5.74) is 3.71. The normalized spacial score (nSPS) is 13.7. The molecule has 2 N–H and O–H groups in total. The van der Waals surface area contributed by atoms with Gasteiger partial charge >= 0.3 is 0 Å². The fourth-order valence-electron chi connectivity index (χ4n) is 3.66. The molecule has 0 amide bonds. The van der Waals surface area contributed by atoms with Gasteiger partial charge < -0.3 is 20.4 Å². The van der Waals surface area contributed by atoms with Crippen LogP contribution in [-0.4, -0.2) is 50.7 Å². The van der Waals surface area contributed by atoms with Gasteiger partial charge in [0.1, 0.15) is 5.82 Å². The first-order chi connectivity index (χ1) is 14.2. The molecule has 30 heavy (non-hydrogen) atoms. The van der Waals surface area contributed by atoms with E-state index in [4.69, 9.17) is 0 Å². The zero-order valence-corrected chi connectivity index (χ0v) is 20.7. The van der Waals surface area contributed by atoms with Crippen LogP contribution in [0.2, 0.25) is 0 Å². The van der Waals surface area contributed by atoms with Crippen LogP contribution in [0.4, 0.5) is 11.5 Å². The molecule has 2 heterocycles. The summed E-state index contributed by atoms with van der Waals surface area (Å²) in [5, 5.41) is 6.80. The molecule has 0 radical (unpaired) electrons. The van der Waals surface area contributed by atoms with E-state index >= 15 is 0 Å². The Morgan fingerprint density at radius 3 is 2.60 bits per heavy atom. The van der Waals surface area contributed by atoms with Crippen molar-refractivity contribution in [1.29, 1.82) is 0 Å². The lowest BCUT2D eigenvalue weighted by molar-refractivity contribution is 0.749. The molecule has 1 fully saturated rings. The molecule has 164 valence electrons. The first-order valence-electron chi connectivity index (χ1n) is 10.7. The monoisotopic (exact) mass is 522 g/mol. The first kappa shape index (κ1) is 24.2. The van der Waals surface area contributed by atoms with Crippen molar-refractivity contribution in [2.24, 2.45) is 4.99 Å². The lowest BCUT2D eigenvalue weighted by Gasteiger charge is -2.24. The van der Waals surface area contributed by atoms with Crippen molar-refractivity contribution in [1.82, 2.24) is 15.6 Å². The smallest absolute Gasteiger partial charge is 0.191 e. The van der Waals surface area contributed by atoms with Crippen molar-refractivity contribution in [2.75, 3.05) is 49.6 Å². The summed E-state index contributed by atoms with van der Waals surface area (Å²) in [6.07, 6.45) is 4.50. The second-order valence-electron chi connectivity index (χ2n) is 7.49. The summed E-state index contributed by atoms with van der Waals surface area (Å²) >= 11 is 0. The Morgan fingerprint density at radius 1 is 1.17 bits per heavy atom. The van der Waals surface area contributed by atoms with Gasteiger partial charge in [0, 0.05) is 58.2 Å². The second-order valence-corrected chi connectivity index (χ2v) is 7.49. The number of anilines is 2. The number of hydrogen-bond donors (Lipinski definition) is 2. The number of guanidine groups is 1. The van der Waals surface area contributed by atoms with Gasteiger partial charge in [0.15, 0.2) is 5.96 Å². The molecule has 1 aromatic heterocycles. The minimum absolute atomic E-state index is 0. The molecule has 2 aromatic rings. The number of rotatable bonds is 8. The lowest BCUT2D eigenvalue weighted by atomic mass is 10.2. The summed E-state index contributed by atoms with van der Waals surface area (Å²) < 4.78 is 0. The highest BCUT2D eigenvalue weighted by Crippen LogP contribution is 2.17. The number of nitrogens with one attached hydrogen (secondary N) is 2. The van der Waals surface area contributed by atoms with Gasteiger partial charge in [0.05, 0.1) is 0 Å². The quantitative estimate of drug-likeness (QED) is 0.314. The van der Waals surface area contributed by atoms with E-state index in [1.165, 1.54) is 24.1 Å². The fraction of sp³-hybridized carbons (Fsp3) is 0.478. The van der Waals surface area contributed by atoms with Gasteiger partial charge in [-0.15, -0.1) is 24.0 Å². The van der Waals surface area contributed by atoms with Crippen LogP contribution >= 0.6 is 24.0 Å². The molecule has 1 saturated heterocycles. The van der Waals surface area contributed by atoms with Gasteiger partial charge in [0.25, 0.3) is 0 Å². The minimum Gasteiger partial charge on any atom is -0.370 e. The summed E-state index contributed by atoms with van der Waals surface area (Å²) in [4.78, 5) is 13.7. The van der Waals surface area contributed by atoms with Crippen LogP contribution in [0.1, 0.15) is 30.9 Å². The number of aliphatic imine (C=N–C) groups is 1. The van der Waals surface area contributed by atoms with E-state index in [1.807, 2.05) is 13.2 Å². The summed E-state index contributed by atoms with van der Waals surface area (Å²) in [6.45, 7) is 10.0. The van der Waals surface area contributed by atoms with Crippen LogP contribution in [0.3, 0.4) is 0 Å². The largest absolute Gasteiger partial charge is 0.370 e. The first-order valence-corrected chi connectivity index (χ1v) is 10.7. The van der Waals surface area contributed by atoms with Gasteiger partial charge in [-0.1, -0.05) is 18.2 Å². The van der Waals surface area contributed by atoms with Crippen LogP contribution in [-0.2, 0) is 6.54 Å². The van der Waals surface area contributed by atoms with Crippen molar-refractivity contribution in [3.63, 3.8) is 0 Å². The molecular formula is C23H35IN6. The number of halogens is 1. The molecule has 0 aliphatic carbocycles. The number of nitrogens with zero attached hydrogens (tertiary/aromatic N) is 4. The van der Waals surface area contributed by atoms with Crippen molar-refractivity contribution in [3.8, 4) is 0 Å². The van der Waals surface area contributed by atoms with E-state index in [-0.39, 0.29) is 24.0 Å². The number of aryl methyl sites for hydroxylation is 1. The third kappa shape index (κ3) is 7.04. The zero-order chi connectivity index (χ0) is 20.5. The summed E-state index contributed by atoms with van der Waals surface area (Å²) in [6, 6.07) is 12.9. The standard InChI is InChI=1S/C23H34N6.HI/c1-4-28(21-9-7-8-19(2)16-21)15-12-25-23(24-3)27-18-20-10-11-22(26-17-20)29-13-5-6-14-29;/h7-11,16-17H,4-6,12-15,18H2,1-3H3,(H2,24,25,27);1H.